The zero-order valence-corrected chi connectivity index (χ0v) is 8.26. The lowest BCUT2D eigenvalue weighted by Crippen LogP contribution is -2.07. The second-order valence-electron chi connectivity index (χ2n) is 3.50. The molecule has 0 unspecified atom stereocenters. The average Bonchev–Trinajstić information content (AvgIpc) is 2.29. The van der Waals surface area contributed by atoms with E-state index in [0.29, 0.717) is 5.92 Å². The number of aromatic nitrogens is 2. The normalized spacial score (nSPS) is 10.8. The number of hydrogen-bond acceptors (Lipinski definition) is 2. The van der Waals surface area contributed by atoms with Crippen LogP contribution in [0.25, 0.3) is 0 Å². The van der Waals surface area contributed by atoms with Crippen LogP contribution in [0.5, 0.6) is 0 Å². The van der Waals surface area contributed by atoms with Gasteiger partial charge in [0.1, 0.15) is 0 Å². The van der Waals surface area contributed by atoms with E-state index < -0.39 is 0 Å². The van der Waals surface area contributed by atoms with Gasteiger partial charge in [-0.2, -0.15) is 0 Å². The lowest BCUT2D eigenvalue weighted by Gasteiger charge is -2.08. The van der Waals surface area contributed by atoms with Gasteiger partial charge in [-0.05, 0) is 12.8 Å². The quantitative estimate of drug-likeness (QED) is 0.745. The predicted molar refractivity (Wildman–Crippen MR) is 51.3 cm³/mol. The van der Waals surface area contributed by atoms with E-state index in [1.54, 1.807) is 0 Å². The summed E-state index contributed by atoms with van der Waals surface area (Å²) >= 11 is 0. The van der Waals surface area contributed by atoms with Crippen molar-refractivity contribution >= 4 is 5.95 Å². The van der Waals surface area contributed by atoms with Crippen LogP contribution in [0, 0.1) is 12.8 Å². The molecule has 68 valence electrons. The van der Waals surface area contributed by atoms with E-state index in [1.807, 2.05) is 14.0 Å². The number of imidazole rings is 1. The molecule has 1 rings (SSSR count). The summed E-state index contributed by atoms with van der Waals surface area (Å²) in [6, 6.07) is 0. The number of anilines is 1. The van der Waals surface area contributed by atoms with Crippen LogP contribution in [0.3, 0.4) is 0 Å². The molecule has 0 spiro atoms. The van der Waals surface area contributed by atoms with Gasteiger partial charge in [0.25, 0.3) is 0 Å². The third kappa shape index (κ3) is 2.00. The highest BCUT2D eigenvalue weighted by Crippen LogP contribution is 2.10. The Labute approximate surface area is 73.8 Å². The summed E-state index contributed by atoms with van der Waals surface area (Å²) in [4.78, 5) is 4.33. The Morgan fingerprint density at radius 2 is 2.25 bits per heavy atom. The lowest BCUT2D eigenvalue weighted by atomic mass is 10.2. The Morgan fingerprint density at radius 3 is 2.75 bits per heavy atom. The molecule has 0 aliphatic rings. The fraction of sp³-hybridized carbons (Fsp3) is 0.667. The maximum atomic E-state index is 4.33. The van der Waals surface area contributed by atoms with E-state index in [1.165, 1.54) is 0 Å². The first-order valence-electron chi connectivity index (χ1n) is 4.35. The Hall–Kier alpha value is -0.990. The molecule has 0 saturated heterocycles. The molecule has 1 N–H and O–H groups in total. The van der Waals surface area contributed by atoms with Crippen molar-refractivity contribution in [3.63, 3.8) is 0 Å². The number of nitrogens with zero attached hydrogens (tertiary/aromatic N) is 2. The van der Waals surface area contributed by atoms with Gasteiger partial charge in [0.05, 0.1) is 5.69 Å². The largest absolute Gasteiger partial charge is 0.359 e. The highest BCUT2D eigenvalue weighted by molar-refractivity contribution is 5.27. The zero-order chi connectivity index (χ0) is 9.14. The third-order valence-corrected chi connectivity index (χ3v) is 1.68. The molecule has 0 saturated carbocycles. The first-order valence-corrected chi connectivity index (χ1v) is 4.35. The first kappa shape index (κ1) is 9.10. The summed E-state index contributed by atoms with van der Waals surface area (Å²) in [5.41, 5.74) is 1.07. The maximum Gasteiger partial charge on any atom is 0.202 e. The summed E-state index contributed by atoms with van der Waals surface area (Å²) in [5, 5.41) is 3.07. The van der Waals surface area contributed by atoms with E-state index in [9.17, 15) is 0 Å². The number of aryl methyl sites for hydroxylation is 1. The monoisotopic (exact) mass is 167 g/mol. The molecule has 12 heavy (non-hydrogen) atoms. The zero-order valence-electron chi connectivity index (χ0n) is 8.26. The van der Waals surface area contributed by atoms with Crippen LogP contribution in [-0.4, -0.2) is 16.6 Å². The Kier molecular flexibility index (Phi) is 2.74. The number of rotatable bonds is 3. The predicted octanol–water partition coefficient (Wildman–Crippen LogP) is 1.89. The van der Waals surface area contributed by atoms with Gasteiger partial charge in [-0.25, -0.2) is 4.98 Å². The molecule has 0 aliphatic heterocycles. The molecule has 0 amide bonds. The van der Waals surface area contributed by atoms with E-state index in [0.717, 1.165) is 18.2 Å². The summed E-state index contributed by atoms with van der Waals surface area (Å²) in [7, 11) is 1.90. The van der Waals surface area contributed by atoms with Gasteiger partial charge in [-0.15, -0.1) is 0 Å². The second-order valence-corrected chi connectivity index (χ2v) is 3.50. The standard InChI is InChI=1S/C9H17N3/c1-7(2)5-12-6-8(3)11-9(12)10-4/h6-7H,5H2,1-4H3,(H,10,11). The SMILES string of the molecule is CNc1nc(C)cn1CC(C)C. The molecule has 0 bridgehead atoms. The highest BCUT2D eigenvalue weighted by Gasteiger charge is 2.04. The molecular formula is C9H17N3. The molecule has 1 aromatic heterocycles. The first-order chi connectivity index (χ1) is 5.63. The van der Waals surface area contributed by atoms with Gasteiger partial charge in [-0.1, -0.05) is 13.8 Å². The fourth-order valence-electron chi connectivity index (χ4n) is 1.28. The van der Waals surface area contributed by atoms with Gasteiger partial charge in [-0.3, -0.25) is 0 Å². The summed E-state index contributed by atoms with van der Waals surface area (Å²) in [5.74, 6) is 1.62. The summed E-state index contributed by atoms with van der Waals surface area (Å²) < 4.78 is 2.15. The number of hydrogen-bond donors (Lipinski definition) is 1. The minimum atomic E-state index is 0.658. The van der Waals surface area contributed by atoms with Crippen molar-refractivity contribution in [2.24, 2.45) is 5.92 Å². The van der Waals surface area contributed by atoms with Crippen LogP contribution >= 0.6 is 0 Å². The molecule has 3 nitrogen and oxygen atoms in total. The van der Waals surface area contributed by atoms with Crippen molar-refractivity contribution in [1.82, 2.24) is 9.55 Å². The van der Waals surface area contributed by atoms with Crippen LogP contribution < -0.4 is 5.32 Å². The maximum absolute atomic E-state index is 4.33. The van der Waals surface area contributed by atoms with Crippen LogP contribution in [0.1, 0.15) is 19.5 Å². The minimum absolute atomic E-state index is 0.658. The summed E-state index contributed by atoms with van der Waals surface area (Å²) in [6.07, 6.45) is 2.08. The van der Waals surface area contributed by atoms with Crippen molar-refractivity contribution in [3.8, 4) is 0 Å². The third-order valence-electron chi connectivity index (χ3n) is 1.68. The Bertz CT molecular complexity index is 250. The second kappa shape index (κ2) is 3.61. The highest BCUT2D eigenvalue weighted by atomic mass is 15.2. The van der Waals surface area contributed by atoms with Crippen LogP contribution in [0.15, 0.2) is 6.20 Å². The molecule has 1 heterocycles. The molecule has 0 radical (unpaired) electrons. The molecule has 3 heteroatoms. The summed E-state index contributed by atoms with van der Waals surface area (Å²) in [6.45, 7) is 7.44. The molecule has 1 aromatic rings. The Morgan fingerprint density at radius 1 is 1.58 bits per heavy atom. The minimum Gasteiger partial charge on any atom is -0.359 e. The number of nitrogens with one attached hydrogen (secondary N) is 1. The van der Waals surface area contributed by atoms with E-state index in [-0.39, 0.29) is 0 Å². The van der Waals surface area contributed by atoms with Crippen LogP contribution in [0.2, 0.25) is 0 Å². The van der Waals surface area contributed by atoms with E-state index in [2.05, 4.69) is 34.9 Å². The average molecular weight is 167 g/mol. The smallest absolute Gasteiger partial charge is 0.202 e. The van der Waals surface area contributed by atoms with E-state index in [4.69, 9.17) is 0 Å². The van der Waals surface area contributed by atoms with Gasteiger partial charge >= 0.3 is 0 Å². The van der Waals surface area contributed by atoms with Gasteiger partial charge in [0, 0.05) is 19.8 Å². The van der Waals surface area contributed by atoms with Gasteiger partial charge in [0.2, 0.25) is 5.95 Å². The van der Waals surface area contributed by atoms with Crippen molar-refractivity contribution in [3.05, 3.63) is 11.9 Å². The van der Waals surface area contributed by atoms with Gasteiger partial charge < -0.3 is 9.88 Å². The molecule has 0 aliphatic carbocycles. The van der Waals surface area contributed by atoms with Crippen molar-refractivity contribution < 1.29 is 0 Å². The van der Waals surface area contributed by atoms with Crippen LogP contribution in [-0.2, 0) is 6.54 Å². The molecule has 0 atom stereocenters. The van der Waals surface area contributed by atoms with Crippen molar-refractivity contribution in [2.45, 2.75) is 27.3 Å². The molecule has 0 aromatic carbocycles. The van der Waals surface area contributed by atoms with E-state index >= 15 is 0 Å². The lowest BCUT2D eigenvalue weighted by molar-refractivity contribution is 0.527. The van der Waals surface area contributed by atoms with Gasteiger partial charge in [0.15, 0.2) is 0 Å². The molecular weight excluding hydrogens is 150 g/mol. The fourth-order valence-corrected chi connectivity index (χ4v) is 1.28. The Balaban J connectivity index is 2.81. The van der Waals surface area contributed by atoms with Crippen molar-refractivity contribution in [1.29, 1.82) is 0 Å². The van der Waals surface area contributed by atoms with Crippen molar-refractivity contribution in [2.75, 3.05) is 12.4 Å². The molecule has 0 fully saturated rings. The van der Waals surface area contributed by atoms with Crippen LogP contribution in [0.4, 0.5) is 5.95 Å². The topological polar surface area (TPSA) is 29.9 Å².